The number of esters is 1. The molecule has 43 heteroatoms. The first-order chi connectivity index (χ1) is 54.4. The van der Waals surface area contributed by atoms with E-state index in [0.29, 0.717) is 6.42 Å². The molecule has 0 saturated carbocycles. The number of nitrogens with two attached hydrogens (primary N) is 5. The summed E-state index contributed by atoms with van der Waals surface area (Å²) >= 11 is 0. The number of carbonyl (C=O) groups excluding carboxylic acids is 16. The highest BCUT2D eigenvalue weighted by Crippen LogP contribution is 2.28. The van der Waals surface area contributed by atoms with Crippen LogP contribution < -0.4 is 76.5 Å². The summed E-state index contributed by atoms with van der Waals surface area (Å²) in [5.74, 6) is -32.5. The number of carbonyl (C=O) groups is 18. The number of aliphatic hydroxyl groups is 5. The number of likely N-dealkylation sites (N-methyl/N-ethyl adjacent to an activating group) is 1. The lowest BCUT2D eigenvalue weighted by molar-refractivity contribution is -0.168. The number of aliphatic carboxylic acids is 2. The molecule has 0 radical (unpaired) electrons. The zero-order chi connectivity index (χ0) is 89.6. The lowest BCUT2D eigenvalue weighted by atomic mass is 9.85. The summed E-state index contributed by atoms with van der Waals surface area (Å²) < 4.78 is 11.8. The predicted octanol–water partition coefficient (Wildman–Crippen LogP) is -7.17. The Balaban J connectivity index is 3.25. The zero-order valence-corrected chi connectivity index (χ0v) is 68.9. The first kappa shape index (κ1) is 103. The number of primary amides is 4. The van der Waals surface area contributed by atoms with Gasteiger partial charge in [-0.1, -0.05) is 76.2 Å². The fourth-order valence-corrected chi connectivity index (χ4v) is 13.5. The van der Waals surface area contributed by atoms with Gasteiger partial charge in [0, 0.05) is 39.0 Å². The van der Waals surface area contributed by atoms with Crippen LogP contribution in [0, 0.1) is 47.3 Å². The van der Waals surface area contributed by atoms with E-state index < -0.39 is 302 Å². The van der Waals surface area contributed by atoms with Crippen molar-refractivity contribution < 1.29 is 132 Å². The highest BCUT2D eigenvalue weighted by atomic mass is 16.5. The number of amides is 15. The molecule has 43 nitrogen and oxygen atoms in total. The number of aliphatic hydroxyl groups excluding tert-OH is 5. The Bertz CT molecular complexity index is 3480. The summed E-state index contributed by atoms with van der Waals surface area (Å²) in [7, 11) is 1.07. The van der Waals surface area contributed by atoms with E-state index in [2.05, 4.69) is 47.9 Å². The molecule has 0 aromatic heterocycles. The molecule has 664 valence electrons. The van der Waals surface area contributed by atoms with Gasteiger partial charge in [0.05, 0.1) is 30.6 Å². The standard InChI is InChI=1S/C74H126N16O27/c1-15-116-59(61(79)101)53-68(108)83-43(30-48(94)95)72(112)90-27-19-17-21-45(90)74(115)117-58(35(9)33(6)7)52(69(109)85-50(39(13)91)66(106)81-41(20-16-18-26-75)63(103)82-42(29-32(4)5)71(111)89(14)44(64(104)87-53)23-25-47(77)93)88-65(105)49(36(10)37(11)60(78)100)84-70(110)57(99)55(97)40(22-24-46(76)92)80-67(107)51(56(98)73(113)114)86-62(102)38(12)54(96)34(8)28-31(2)3/h31-45,49-59,91,96-99H,15-30,75H2,1-14H3,(H2,76,92)(H2,77,93)(H2,78,100)(H2,79,101)(H,80,107)(H,81,106)(H,82,103)(H,83,108)(H,84,110)(H,85,109)(H,86,102)(H,87,104)(H,88,105)(H,94,95)(H,113,114)/t34-,35-,36+,37-,38-,39-,40+,41-,42+,43-,44+,45+,49+,50-,51-,52-,53+,54-,55-,56+,57-,58-,59+/m1/s1. The molecule has 0 aliphatic carbocycles. The first-order valence-electron chi connectivity index (χ1n) is 39.2. The first-order valence-corrected chi connectivity index (χ1v) is 39.2. The van der Waals surface area contributed by atoms with Crippen LogP contribution in [0.15, 0.2) is 0 Å². The van der Waals surface area contributed by atoms with Crippen molar-refractivity contribution in [1.29, 1.82) is 0 Å². The van der Waals surface area contributed by atoms with Crippen LogP contribution >= 0.6 is 0 Å². The second kappa shape index (κ2) is 48.8. The summed E-state index contributed by atoms with van der Waals surface area (Å²) in [5.41, 5.74) is 28.3. The van der Waals surface area contributed by atoms with Crippen molar-refractivity contribution in [2.45, 2.75) is 283 Å². The molecule has 117 heavy (non-hydrogen) atoms. The molecule has 2 saturated heterocycles. The maximum atomic E-state index is 15.7. The smallest absolute Gasteiger partial charge is 0.335 e. The number of unbranched alkanes of at least 4 members (excludes halogenated alkanes) is 1. The minimum absolute atomic E-state index is 0.0420. The molecule has 0 bridgehead atoms. The highest BCUT2D eigenvalue weighted by molar-refractivity contribution is 6.02. The van der Waals surface area contributed by atoms with Crippen LogP contribution in [0.2, 0.25) is 0 Å². The molecular weight excluding hydrogens is 1540 g/mol. The molecule has 2 rings (SSSR count). The van der Waals surface area contributed by atoms with Crippen LogP contribution in [0.1, 0.15) is 173 Å². The molecule has 23 atom stereocenters. The number of nitrogens with zero attached hydrogens (tertiary/aromatic N) is 2. The quantitative estimate of drug-likeness (QED) is 0.0200. The fraction of sp³-hybridized carbons (Fsp3) is 0.757. The third-order valence-electron chi connectivity index (χ3n) is 20.9. The summed E-state index contributed by atoms with van der Waals surface area (Å²) in [5, 5.41) is 97.8. The van der Waals surface area contributed by atoms with E-state index in [0.717, 1.165) is 30.7 Å². The molecule has 15 amide bonds. The number of hydrogen-bond donors (Lipinski definition) is 21. The Hall–Kier alpha value is -9.82. The third kappa shape index (κ3) is 31.5. The summed E-state index contributed by atoms with van der Waals surface area (Å²) in [6.45, 7) is 18.3. The van der Waals surface area contributed by atoms with E-state index in [1.165, 1.54) is 27.7 Å². The molecule has 2 heterocycles. The molecule has 0 spiro atoms. The fourth-order valence-electron chi connectivity index (χ4n) is 13.5. The van der Waals surface area contributed by atoms with Gasteiger partial charge in [0.1, 0.15) is 72.6 Å². The second-order valence-corrected chi connectivity index (χ2v) is 31.4. The van der Waals surface area contributed by atoms with Crippen LogP contribution in [0.3, 0.4) is 0 Å². The van der Waals surface area contributed by atoms with E-state index in [1.54, 1.807) is 34.6 Å². The van der Waals surface area contributed by atoms with Crippen LogP contribution in [0.25, 0.3) is 0 Å². The molecular formula is C74H126N16O27. The van der Waals surface area contributed by atoms with Crippen molar-refractivity contribution in [3.8, 4) is 0 Å². The average molecular weight is 1670 g/mol. The number of fused-ring (bicyclic) bond motifs is 1. The number of carboxylic acids is 2. The molecule has 0 aromatic rings. The van der Waals surface area contributed by atoms with Crippen molar-refractivity contribution in [2.75, 3.05) is 26.7 Å². The largest absolute Gasteiger partial charge is 0.481 e. The third-order valence-corrected chi connectivity index (χ3v) is 20.9. The molecule has 2 aliphatic rings. The van der Waals surface area contributed by atoms with Crippen LogP contribution in [0.5, 0.6) is 0 Å². The Labute approximate surface area is 678 Å². The SMILES string of the molecule is CCO[C@H](C(N)=O)[C@@H]1NC(=O)[C@H](CCC(N)=O)N(C)C(=O)[C@H](CC(C)C)NC(=O)[C@@H](CCCCN)NC(=O)[C@@H]([C@@H](C)O)NC(=O)[C@H](NC(=O)[C@@H](NC(=O)[C@H](O)[C@H](O)[C@H](CCC(N)=O)NC(=O)[C@H](NC(=O)[C@H](C)[C@H](O)[C@H](C)CC(C)C)[C@H](O)C(=O)O)[C@@H](C)[C@@H](C)C(N)=O)[C@@H]([C@H](C)C(C)C)OC(=O)[C@@H]2CCCCN2C(=O)[C@@H](CC(=O)O)NC1=O. The average Bonchev–Trinajstić information content (AvgIpc) is 0.982. The van der Waals surface area contributed by atoms with Gasteiger partial charge in [0.15, 0.2) is 18.3 Å². The number of hydrogen-bond acceptors (Lipinski definition) is 26. The number of cyclic esters (lactones) is 1. The molecule has 0 unspecified atom stereocenters. The van der Waals surface area contributed by atoms with E-state index in [-0.39, 0.29) is 57.4 Å². The summed E-state index contributed by atoms with van der Waals surface area (Å²) in [6.07, 6.45) is -19.9. The Kier molecular flexibility index (Phi) is 43.0. The summed E-state index contributed by atoms with van der Waals surface area (Å²) in [6, 6.07) is -23.0. The molecule has 26 N–H and O–H groups in total. The van der Waals surface area contributed by atoms with Crippen molar-refractivity contribution in [1.82, 2.24) is 57.7 Å². The van der Waals surface area contributed by atoms with Gasteiger partial charge in [0.25, 0.3) is 5.91 Å². The number of carboxylic acid groups (broad SMARTS) is 2. The van der Waals surface area contributed by atoms with Crippen LogP contribution in [-0.2, 0) is 95.8 Å². The van der Waals surface area contributed by atoms with Gasteiger partial charge in [-0.05, 0) is 120 Å². The Morgan fingerprint density at radius 1 is 0.590 bits per heavy atom. The van der Waals surface area contributed by atoms with Gasteiger partial charge >= 0.3 is 17.9 Å². The van der Waals surface area contributed by atoms with Crippen LogP contribution in [-0.4, -0.2) is 288 Å². The van der Waals surface area contributed by atoms with Gasteiger partial charge in [-0.25, -0.2) is 9.59 Å². The lowest BCUT2D eigenvalue weighted by Crippen LogP contribution is -2.66. The Morgan fingerprint density at radius 3 is 1.68 bits per heavy atom. The van der Waals surface area contributed by atoms with Crippen molar-refractivity contribution in [2.24, 2.45) is 76.0 Å². The highest BCUT2D eigenvalue weighted by Gasteiger charge is 2.49. The number of piperidine rings is 1. The second-order valence-electron chi connectivity index (χ2n) is 31.4. The minimum Gasteiger partial charge on any atom is -0.481 e. The minimum atomic E-state index is -2.88. The summed E-state index contributed by atoms with van der Waals surface area (Å²) in [4.78, 5) is 256. The lowest BCUT2D eigenvalue weighted by Gasteiger charge is -2.40. The topological polar surface area (TPSA) is 712 Å². The van der Waals surface area contributed by atoms with Crippen molar-refractivity contribution in [3.05, 3.63) is 0 Å². The van der Waals surface area contributed by atoms with E-state index in [1.807, 2.05) is 13.8 Å². The van der Waals surface area contributed by atoms with Crippen molar-refractivity contribution in [3.63, 3.8) is 0 Å². The van der Waals surface area contributed by atoms with Gasteiger partial charge in [0.2, 0.25) is 82.7 Å². The number of ether oxygens (including phenoxy) is 2. The molecule has 2 aliphatic heterocycles. The van der Waals surface area contributed by atoms with Gasteiger partial charge in [-0.15, -0.1) is 0 Å². The van der Waals surface area contributed by atoms with Crippen LogP contribution in [0.4, 0.5) is 0 Å². The monoisotopic (exact) mass is 1670 g/mol. The van der Waals surface area contributed by atoms with E-state index in [4.69, 9.17) is 38.1 Å². The Morgan fingerprint density at radius 2 is 1.16 bits per heavy atom. The van der Waals surface area contributed by atoms with Gasteiger partial charge < -0.3 is 132 Å². The maximum absolute atomic E-state index is 15.7. The normalized spacial score (nSPS) is 24.2. The molecule has 0 aromatic carbocycles. The number of nitrogens with one attached hydrogen (secondary N) is 9. The zero-order valence-electron chi connectivity index (χ0n) is 68.9. The van der Waals surface area contributed by atoms with Gasteiger partial charge in [-0.3, -0.25) is 76.7 Å². The predicted molar refractivity (Wildman–Crippen MR) is 412 cm³/mol. The van der Waals surface area contributed by atoms with Gasteiger partial charge in [-0.2, -0.15) is 0 Å². The number of rotatable bonds is 40. The maximum Gasteiger partial charge on any atom is 0.335 e. The van der Waals surface area contributed by atoms with Crippen molar-refractivity contribution >= 4 is 107 Å². The van der Waals surface area contributed by atoms with E-state index in [9.17, 15) is 103 Å². The van der Waals surface area contributed by atoms with E-state index >= 15 is 19.2 Å². The molecule has 2 fully saturated rings.